The molecule has 0 aliphatic carbocycles. The lowest BCUT2D eigenvalue weighted by Gasteiger charge is -2.16. The third-order valence-electron chi connectivity index (χ3n) is 3.64. The minimum absolute atomic E-state index is 0.869. The van der Waals surface area contributed by atoms with E-state index < -0.39 is 0 Å². The Kier molecular flexibility index (Phi) is 4.29. The Morgan fingerprint density at radius 1 is 1.18 bits per heavy atom. The Labute approximate surface area is 130 Å². The van der Waals surface area contributed by atoms with Crippen molar-refractivity contribution in [1.29, 1.82) is 0 Å². The zero-order valence-corrected chi connectivity index (χ0v) is 12.9. The van der Waals surface area contributed by atoms with Crippen LogP contribution in [0.15, 0.2) is 49.1 Å². The van der Waals surface area contributed by atoms with Gasteiger partial charge in [-0.2, -0.15) is 5.10 Å². The Morgan fingerprint density at radius 2 is 2.00 bits per heavy atom. The van der Waals surface area contributed by atoms with E-state index in [9.17, 15) is 0 Å². The molecule has 2 heterocycles. The molecule has 3 rings (SSSR count). The number of benzene rings is 1. The first kappa shape index (κ1) is 14.5. The molecule has 1 aromatic carbocycles. The molecule has 0 amide bonds. The average Bonchev–Trinajstić information content (AvgIpc) is 3.15. The Balaban J connectivity index is 1.57. The molecule has 0 fully saturated rings. The van der Waals surface area contributed by atoms with Crippen LogP contribution in [-0.4, -0.2) is 43.0 Å². The third-order valence-corrected chi connectivity index (χ3v) is 3.64. The highest BCUT2D eigenvalue weighted by Crippen LogP contribution is 2.09. The molecule has 0 unspecified atom stereocenters. The van der Waals surface area contributed by atoms with E-state index in [-0.39, 0.29) is 0 Å². The Bertz CT molecular complexity index is 715. The van der Waals surface area contributed by atoms with Gasteiger partial charge in [0.15, 0.2) is 0 Å². The first-order valence-corrected chi connectivity index (χ1v) is 7.34. The highest BCUT2D eigenvalue weighted by molar-refractivity contribution is 5.30. The minimum Gasteiger partial charge on any atom is -0.317 e. The maximum absolute atomic E-state index is 4.43. The number of hydrogen-bond donors (Lipinski definition) is 0. The smallest absolute Gasteiger partial charge is 0.129 e. The van der Waals surface area contributed by atoms with Gasteiger partial charge in [-0.05, 0) is 26.1 Å². The second-order valence-electron chi connectivity index (χ2n) is 5.44. The molecule has 6 nitrogen and oxygen atoms in total. The van der Waals surface area contributed by atoms with Crippen molar-refractivity contribution < 1.29 is 0 Å². The maximum Gasteiger partial charge on any atom is 0.129 e. The van der Waals surface area contributed by atoms with Crippen molar-refractivity contribution in [3.8, 4) is 5.69 Å². The van der Waals surface area contributed by atoms with Gasteiger partial charge in [-0.1, -0.05) is 18.2 Å². The molecule has 114 valence electrons. The van der Waals surface area contributed by atoms with Gasteiger partial charge in [-0.15, -0.1) is 10.2 Å². The van der Waals surface area contributed by atoms with Gasteiger partial charge in [0.05, 0.1) is 11.9 Å². The van der Waals surface area contributed by atoms with E-state index in [4.69, 9.17) is 0 Å². The van der Waals surface area contributed by atoms with Crippen molar-refractivity contribution in [3.63, 3.8) is 0 Å². The second-order valence-corrected chi connectivity index (χ2v) is 5.44. The summed E-state index contributed by atoms with van der Waals surface area (Å²) in [6.45, 7) is 4.67. The van der Waals surface area contributed by atoms with Crippen LogP contribution in [0.3, 0.4) is 0 Å². The molecular formula is C16H20N6. The lowest BCUT2D eigenvalue weighted by atomic mass is 10.3. The summed E-state index contributed by atoms with van der Waals surface area (Å²) < 4.78 is 3.97. The fourth-order valence-corrected chi connectivity index (χ4v) is 2.37. The molecule has 22 heavy (non-hydrogen) atoms. The predicted molar refractivity (Wildman–Crippen MR) is 84.7 cm³/mol. The summed E-state index contributed by atoms with van der Waals surface area (Å²) in [5, 5.41) is 12.3. The normalized spacial score (nSPS) is 11.2. The number of aryl methyl sites for hydroxylation is 1. The number of likely N-dealkylation sites (N-methyl/N-ethyl adjacent to an activating group) is 1. The fourth-order valence-electron chi connectivity index (χ4n) is 2.37. The Morgan fingerprint density at radius 3 is 2.73 bits per heavy atom. The van der Waals surface area contributed by atoms with E-state index in [2.05, 4.69) is 50.1 Å². The van der Waals surface area contributed by atoms with Crippen LogP contribution in [-0.2, 0) is 13.1 Å². The van der Waals surface area contributed by atoms with Gasteiger partial charge < -0.3 is 9.47 Å². The monoisotopic (exact) mass is 296 g/mol. The molecule has 0 N–H and O–H groups in total. The van der Waals surface area contributed by atoms with E-state index in [1.54, 1.807) is 6.33 Å². The van der Waals surface area contributed by atoms with E-state index in [1.165, 1.54) is 5.56 Å². The van der Waals surface area contributed by atoms with Crippen LogP contribution in [0.25, 0.3) is 5.69 Å². The Hall–Kier alpha value is -2.47. The molecule has 0 spiro atoms. The van der Waals surface area contributed by atoms with Crippen LogP contribution in [0.2, 0.25) is 0 Å². The first-order valence-electron chi connectivity index (χ1n) is 7.34. The van der Waals surface area contributed by atoms with Crippen LogP contribution in [0, 0.1) is 6.92 Å². The van der Waals surface area contributed by atoms with Crippen molar-refractivity contribution in [2.75, 3.05) is 13.6 Å². The van der Waals surface area contributed by atoms with E-state index in [1.807, 2.05) is 36.0 Å². The molecule has 0 aliphatic rings. The lowest BCUT2D eigenvalue weighted by Crippen LogP contribution is -2.22. The molecule has 0 bridgehead atoms. The van der Waals surface area contributed by atoms with Crippen LogP contribution in [0.1, 0.15) is 11.4 Å². The number of rotatable bonds is 6. The van der Waals surface area contributed by atoms with Crippen molar-refractivity contribution in [1.82, 2.24) is 29.4 Å². The van der Waals surface area contributed by atoms with E-state index in [0.29, 0.717) is 0 Å². The molecular weight excluding hydrogens is 276 g/mol. The van der Waals surface area contributed by atoms with Gasteiger partial charge in [-0.3, -0.25) is 0 Å². The molecule has 0 aliphatic heterocycles. The summed E-state index contributed by atoms with van der Waals surface area (Å²) in [7, 11) is 2.11. The number of para-hydroxylation sites is 1. The van der Waals surface area contributed by atoms with Gasteiger partial charge in [-0.25, -0.2) is 4.68 Å². The predicted octanol–water partition coefficient (Wildman–Crippen LogP) is 1.90. The molecule has 6 heteroatoms. The largest absolute Gasteiger partial charge is 0.317 e. The summed E-state index contributed by atoms with van der Waals surface area (Å²) >= 11 is 0. The topological polar surface area (TPSA) is 51.8 Å². The summed E-state index contributed by atoms with van der Waals surface area (Å²) in [4.78, 5) is 2.27. The summed E-state index contributed by atoms with van der Waals surface area (Å²) in [5.41, 5.74) is 2.28. The zero-order chi connectivity index (χ0) is 15.4. The van der Waals surface area contributed by atoms with Crippen molar-refractivity contribution in [2.24, 2.45) is 0 Å². The lowest BCUT2D eigenvalue weighted by molar-refractivity contribution is 0.310. The molecule has 0 saturated heterocycles. The molecule has 0 saturated carbocycles. The number of aromatic nitrogens is 5. The van der Waals surface area contributed by atoms with Gasteiger partial charge >= 0.3 is 0 Å². The highest BCUT2D eigenvalue weighted by atomic mass is 15.3. The minimum atomic E-state index is 0.869. The average molecular weight is 296 g/mol. The summed E-state index contributed by atoms with van der Waals surface area (Å²) in [6.07, 6.45) is 5.78. The van der Waals surface area contributed by atoms with Gasteiger partial charge in [0, 0.05) is 31.4 Å². The summed E-state index contributed by atoms with van der Waals surface area (Å²) in [6, 6.07) is 10.1. The third kappa shape index (κ3) is 3.40. The van der Waals surface area contributed by atoms with E-state index >= 15 is 0 Å². The number of nitrogens with zero attached hydrogens (tertiary/aromatic N) is 6. The van der Waals surface area contributed by atoms with Crippen molar-refractivity contribution >= 4 is 0 Å². The maximum atomic E-state index is 4.43. The molecule has 3 aromatic rings. The van der Waals surface area contributed by atoms with Crippen LogP contribution < -0.4 is 0 Å². The van der Waals surface area contributed by atoms with Crippen molar-refractivity contribution in [2.45, 2.75) is 20.0 Å². The quantitative estimate of drug-likeness (QED) is 0.697. The molecule has 0 radical (unpaired) electrons. The van der Waals surface area contributed by atoms with Gasteiger partial charge in [0.1, 0.15) is 12.2 Å². The van der Waals surface area contributed by atoms with Gasteiger partial charge in [0.2, 0.25) is 0 Å². The SMILES string of the molecule is Cc1nncn1CCN(C)Cc1cnn(-c2ccccc2)c1. The fraction of sp³-hybridized carbons (Fsp3) is 0.312. The molecule has 2 aromatic heterocycles. The standard InChI is InChI=1S/C16H20N6/c1-14-19-17-13-21(14)9-8-20(2)11-15-10-18-22(12-15)16-6-4-3-5-7-16/h3-7,10,12-13H,8-9,11H2,1-2H3. The van der Waals surface area contributed by atoms with Crippen LogP contribution >= 0.6 is 0 Å². The first-order chi connectivity index (χ1) is 10.7. The van der Waals surface area contributed by atoms with Gasteiger partial charge in [0.25, 0.3) is 0 Å². The van der Waals surface area contributed by atoms with Crippen LogP contribution in [0.4, 0.5) is 0 Å². The zero-order valence-electron chi connectivity index (χ0n) is 12.9. The number of hydrogen-bond acceptors (Lipinski definition) is 4. The highest BCUT2D eigenvalue weighted by Gasteiger charge is 2.05. The second kappa shape index (κ2) is 6.53. The van der Waals surface area contributed by atoms with Crippen molar-refractivity contribution in [3.05, 3.63) is 60.4 Å². The molecule has 0 atom stereocenters. The van der Waals surface area contributed by atoms with Crippen LogP contribution in [0.5, 0.6) is 0 Å². The van der Waals surface area contributed by atoms with E-state index in [0.717, 1.165) is 31.1 Å². The summed E-state index contributed by atoms with van der Waals surface area (Å²) in [5.74, 6) is 0.949.